The molecule has 4 saturated heterocycles. The van der Waals surface area contributed by atoms with Gasteiger partial charge >= 0.3 is 36.0 Å². The number of anilines is 3. The van der Waals surface area contributed by atoms with E-state index in [9.17, 15) is 59.4 Å². The lowest BCUT2D eigenvalue weighted by atomic mass is 9.81. The summed E-state index contributed by atoms with van der Waals surface area (Å²) in [5.74, 6) is -3.10. The predicted octanol–water partition coefficient (Wildman–Crippen LogP) is 14.4. The average Bonchev–Trinajstić information content (AvgIpc) is 1.58. The maximum Gasteiger partial charge on any atom is 0.318 e. The number of hydrogen-bond acceptors (Lipinski definition) is 28. The molecule has 1 amide bonds. The van der Waals surface area contributed by atoms with Crippen LogP contribution in [0, 0.1) is 120 Å². The number of halogens is 9. The molecule has 4 N–H and O–H groups in total. The SMILES string of the molecule is CCOC(=O)C1CCN(c2nnc(C)o2)CC12CC2.CCOC(=O)C1CCNCC12CC2.Cc1nnc(Br)o1.Cc1nnc(N2CCC(C(=O)N3N=CCC3c3cc(F)cc(F)c3)C3(CC3)C2)o1.Cc1nnc(N2CCC(C(=O)O)C3(CC3)C2)o1.Fc1cc(F)cc(C2CC=NC2)c1.Fc1cc(F)cc(C2CC=NN2)c1.Fc1cc(F)cc(C2CC=NN2)c1. The van der Waals surface area contributed by atoms with Crippen LogP contribution in [-0.4, -0.2) is 172 Å². The van der Waals surface area contributed by atoms with E-state index < -0.39 is 58.5 Å². The lowest BCUT2D eigenvalue weighted by Crippen LogP contribution is -2.48. The quantitative estimate of drug-likeness (QED) is 0.0615. The topological polar surface area (TPSA) is 361 Å². The Morgan fingerprint density at radius 2 is 0.847 bits per heavy atom. The number of piperidine rings is 4. The van der Waals surface area contributed by atoms with Crippen molar-refractivity contribution in [2.75, 3.05) is 86.8 Å². The number of esters is 2. The number of amides is 1. The van der Waals surface area contributed by atoms with E-state index in [-0.39, 0.29) is 81.2 Å². The van der Waals surface area contributed by atoms with Crippen LogP contribution < -0.4 is 30.9 Å². The highest BCUT2D eigenvalue weighted by Crippen LogP contribution is 2.59. The van der Waals surface area contributed by atoms with Crippen LogP contribution in [0.15, 0.2) is 116 Å². The molecule has 4 spiro atoms. The third-order valence-electron chi connectivity index (χ3n) is 24.2. The van der Waals surface area contributed by atoms with Crippen molar-refractivity contribution in [3.63, 3.8) is 0 Å². The molecule has 8 unspecified atom stereocenters. The highest BCUT2D eigenvalue weighted by Gasteiger charge is 2.59. The van der Waals surface area contributed by atoms with Crippen molar-refractivity contribution in [3.8, 4) is 0 Å². The second-order valence-corrected chi connectivity index (χ2v) is 33.6. The maximum atomic E-state index is 13.7. The summed E-state index contributed by atoms with van der Waals surface area (Å²) in [6.45, 7) is 18.7. The number of rotatable bonds is 13. The number of carboxylic acid groups (broad SMARTS) is 1. The van der Waals surface area contributed by atoms with Gasteiger partial charge < -0.3 is 63.1 Å². The molecular weight excluding hydrogens is 1690 g/mol. The summed E-state index contributed by atoms with van der Waals surface area (Å²) < 4.78 is 136. The van der Waals surface area contributed by atoms with E-state index in [0.29, 0.717) is 140 Å². The molecule has 0 bridgehead atoms. The predicted molar refractivity (Wildman–Crippen MR) is 440 cm³/mol. The third kappa shape index (κ3) is 23.3. The van der Waals surface area contributed by atoms with Gasteiger partial charge in [-0.05, 0) is 192 Å². The van der Waals surface area contributed by atoms with Crippen LogP contribution in [-0.2, 0) is 28.7 Å². The van der Waals surface area contributed by atoms with Gasteiger partial charge in [0.25, 0.3) is 4.80 Å². The number of benzene rings is 4. The van der Waals surface area contributed by atoms with Gasteiger partial charge in [-0.3, -0.25) is 24.2 Å². The summed E-state index contributed by atoms with van der Waals surface area (Å²) in [6.07, 6.45) is 20.9. The Morgan fingerprint density at radius 3 is 1.20 bits per heavy atom. The molecule has 0 radical (unpaired) electrons. The molecule has 8 fully saturated rings. The first-order valence-electron chi connectivity index (χ1n) is 41.6. The average molecular weight is 1800 g/mol. The lowest BCUT2D eigenvalue weighted by Gasteiger charge is -2.39. The monoisotopic (exact) mass is 1790 g/mol. The van der Waals surface area contributed by atoms with E-state index in [0.717, 1.165) is 115 Å². The van der Waals surface area contributed by atoms with Crippen molar-refractivity contribution in [3.05, 3.63) is 170 Å². The lowest BCUT2D eigenvalue weighted by molar-refractivity contribution is -0.152. The second kappa shape index (κ2) is 40.2. The minimum Gasteiger partial charge on any atom is -0.481 e. The number of carbonyl (C=O) groups is 4. The molecule has 8 aromatic rings. The molecule has 30 nitrogen and oxygen atoms in total. The van der Waals surface area contributed by atoms with Crippen LogP contribution in [0.4, 0.5) is 53.2 Å². The van der Waals surface area contributed by atoms with E-state index in [1.807, 2.05) is 23.6 Å². The first kappa shape index (κ1) is 90.6. The molecule has 12 heterocycles. The molecule has 8 aliphatic heterocycles. The molecule has 124 heavy (non-hydrogen) atoms. The van der Waals surface area contributed by atoms with E-state index in [1.165, 1.54) is 66.4 Å². The zero-order valence-corrected chi connectivity index (χ0v) is 71.1. The van der Waals surface area contributed by atoms with Crippen LogP contribution in [0.5, 0.6) is 0 Å². The highest BCUT2D eigenvalue weighted by molar-refractivity contribution is 9.10. The Morgan fingerprint density at radius 1 is 0.460 bits per heavy atom. The van der Waals surface area contributed by atoms with Gasteiger partial charge in [-0.15, -0.1) is 25.5 Å². The Bertz CT molecular complexity index is 4860. The number of aromatic nitrogens is 8. The normalized spacial score (nSPS) is 23.3. The Balaban J connectivity index is 0.000000125. The molecule has 39 heteroatoms. The Labute approximate surface area is 718 Å². The molecule has 12 aliphatic rings. The van der Waals surface area contributed by atoms with Gasteiger partial charge in [-0.2, -0.15) is 15.3 Å². The molecule has 8 atom stereocenters. The minimum atomic E-state index is -0.663. The van der Waals surface area contributed by atoms with E-state index in [2.05, 4.69) is 98.1 Å². The number of ether oxygens (including phenoxy) is 2. The van der Waals surface area contributed by atoms with Crippen molar-refractivity contribution in [1.29, 1.82) is 0 Å². The van der Waals surface area contributed by atoms with Crippen LogP contribution in [0.3, 0.4) is 0 Å². The van der Waals surface area contributed by atoms with Crippen molar-refractivity contribution < 1.29 is 86.6 Å². The van der Waals surface area contributed by atoms with Gasteiger partial charge in [0, 0.05) is 181 Å². The van der Waals surface area contributed by atoms with Gasteiger partial charge in [-0.1, -0.05) is 15.3 Å². The molecule has 4 saturated carbocycles. The van der Waals surface area contributed by atoms with Crippen LogP contribution in [0.1, 0.15) is 186 Å². The number of hydrazone groups is 3. The van der Waals surface area contributed by atoms with Crippen LogP contribution in [0.2, 0.25) is 0 Å². The fraction of sp³-hybridized carbons (Fsp3) is 0.529. The van der Waals surface area contributed by atoms with Crippen molar-refractivity contribution in [2.24, 2.45) is 65.6 Å². The van der Waals surface area contributed by atoms with E-state index >= 15 is 0 Å². The highest BCUT2D eigenvalue weighted by atomic mass is 79.9. The van der Waals surface area contributed by atoms with Crippen LogP contribution >= 0.6 is 15.9 Å². The summed E-state index contributed by atoms with van der Waals surface area (Å²) in [7, 11) is 0. The Kier molecular flexibility index (Phi) is 29.4. The number of nitrogens with zero attached hydrogens (tertiary/aromatic N) is 16. The van der Waals surface area contributed by atoms with Gasteiger partial charge in [-0.25, -0.2) is 40.1 Å². The number of aryl methyl sites for hydroxylation is 4. The van der Waals surface area contributed by atoms with E-state index in [1.54, 1.807) is 52.6 Å². The van der Waals surface area contributed by atoms with Gasteiger partial charge in [0.2, 0.25) is 29.5 Å². The summed E-state index contributed by atoms with van der Waals surface area (Å²) in [5.41, 5.74) is 8.02. The first-order chi connectivity index (χ1) is 59.5. The minimum absolute atomic E-state index is 0.0292. The first-order valence-corrected chi connectivity index (χ1v) is 42.4. The number of carboxylic acids is 1. The van der Waals surface area contributed by atoms with Gasteiger partial charge in [0.05, 0.1) is 49.1 Å². The third-order valence-corrected chi connectivity index (χ3v) is 24.5. The fourth-order valence-corrected chi connectivity index (χ4v) is 17.5. The zero-order valence-electron chi connectivity index (χ0n) is 69.5. The number of nitrogens with one attached hydrogen (secondary N) is 3. The largest absolute Gasteiger partial charge is 0.481 e. The molecule has 4 aromatic carbocycles. The standard InChI is InChI=1S/C20H21F2N5O2.C13H19N3O3.C11H15N3O3.C10H9F2N.C10H17NO2.2C9H8F2N2.C3H3BrN2O/c1-12-24-25-19(29-12)26-7-3-16(20(11-26)4-5-20)18(28)27-17(2-6-23-27)13-8-14(21)10-15(22)9-13;1-3-18-11(17)10-4-7-16(8-13(10)5-6-13)12-15-14-9(2)19-12;1-7-12-13-10(17-7)14-5-2-8(9(15)16)11(6-14)3-4-11;11-9-3-8(4-10(12)5-9)7-1-2-13-6-7;1-2-13-9(12)8-3-6-11-7-10(8)4-5-10;2*10-7-3-6(4-8(11)5-7)9-1-2-12-13-9;1-2-5-6-3(4)7-2/h6,8-10,16-17H,2-5,7,11H2,1H3;10H,3-8H2,1-2H3;8H,2-6H2,1H3,(H,15,16);2-5,7H,1,6H2;8,11H,2-7H2,1H3;2*2-5,9,13H,1H2;1H3. The smallest absolute Gasteiger partial charge is 0.318 e. The summed E-state index contributed by atoms with van der Waals surface area (Å²) in [5, 5.41) is 56.6. The molecule has 4 aliphatic carbocycles. The zero-order chi connectivity index (χ0) is 88.0. The second-order valence-electron chi connectivity index (χ2n) is 33.0. The Hall–Kier alpha value is -11.1. The summed E-state index contributed by atoms with van der Waals surface area (Å²) in [4.78, 5) is 58.8. The van der Waals surface area contributed by atoms with Crippen molar-refractivity contribution >= 4 is 82.6 Å². The molecule has 664 valence electrons. The summed E-state index contributed by atoms with van der Waals surface area (Å²) >= 11 is 2.99. The summed E-state index contributed by atoms with van der Waals surface area (Å²) in [6, 6.07) is 14.9. The van der Waals surface area contributed by atoms with Crippen molar-refractivity contribution in [1.82, 2.24) is 62.0 Å². The van der Waals surface area contributed by atoms with Crippen LogP contribution in [0.25, 0.3) is 0 Å². The number of hydrogen-bond donors (Lipinski definition) is 4. The van der Waals surface area contributed by atoms with E-state index in [4.69, 9.17) is 27.1 Å². The van der Waals surface area contributed by atoms with Gasteiger partial charge in [0.1, 0.15) is 46.5 Å². The molecule has 4 aromatic heterocycles. The molecule has 20 rings (SSSR count). The number of carbonyl (C=O) groups excluding carboxylic acids is 3. The number of aliphatic imine (C=N–C) groups is 1. The maximum absolute atomic E-state index is 13.7. The number of aliphatic carboxylic acids is 1. The fourth-order valence-electron chi connectivity index (χ4n) is 17.2. The van der Waals surface area contributed by atoms with Gasteiger partial charge in [0.15, 0.2) is 0 Å². The van der Waals surface area contributed by atoms with Crippen molar-refractivity contribution in [2.45, 2.75) is 168 Å². The molecular formula is C85H100BrF8N19O11.